The lowest BCUT2D eigenvalue weighted by atomic mass is 10.1. The van der Waals surface area contributed by atoms with Crippen molar-refractivity contribution >= 4 is 43.5 Å². The molecule has 2 unspecified atom stereocenters. The van der Waals surface area contributed by atoms with E-state index in [0.717, 1.165) is 17.1 Å². The van der Waals surface area contributed by atoms with E-state index in [1.54, 1.807) is 30.3 Å². The molecular formula is C36H47N6O14P. The molecule has 5 N–H and O–H groups in total. The van der Waals surface area contributed by atoms with E-state index < -0.39 is 93.1 Å². The van der Waals surface area contributed by atoms with Gasteiger partial charge in [0.15, 0.2) is 0 Å². The smallest absolute Gasteiger partial charge is 0.460 e. The molecule has 21 heteroatoms. The summed E-state index contributed by atoms with van der Waals surface area (Å²) in [5.74, 6) is -3.31. The standard InChI is InChI=1S/C36H47N6O14P/c1-6-16-50-34(46)23(4)38-33(45)27(39-32(44)26(37)19-25-12-10-9-11-13-25)21-53-57(49,52-18-8-3)54-22-29-28(55-24(5)43)20-31(56-29)42-15-14-30(40-35(42)47)41-36(48)51-17-7-2/h6-15,23,26-29,31H,1-3,16-22,37H2,4-5H3,(H,38,45)(H,39,44)(H,40,41,47,48)/t23-,26-,27?,28-,29+,31+,57?/m0/s1. The van der Waals surface area contributed by atoms with Gasteiger partial charge in [-0.05, 0) is 25.0 Å². The Bertz CT molecular complexity index is 1840. The number of ether oxygens (including phenoxy) is 4. The van der Waals surface area contributed by atoms with Crippen molar-refractivity contribution < 1.29 is 61.1 Å². The van der Waals surface area contributed by atoms with Gasteiger partial charge in [-0.15, -0.1) is 6.58 Å². The lowest BCUT2D eigenvalue weighted by Gasteiger charge is -2.25. The fraction of sp³-hybridized carbons (Fsp3) is 0.417. The van der Waals surface area contributed by atoms with Crippen molar-refractivity contribution in [2.24, 2.45) is 5.73 Å². The number of benzene rings is 1. The van der Waals surface area contributed by atoms with Gasteiger partial charge in [0.2, 0.25) is 11.8 Å². The van der Waals surface area contributed by atoms with Gasteiger partial charge in [-0.25, -0.2) is 18.9 Å². The number of anilines is 1. The molecule has 0 aliphatic carbocycles. The van der Waals surface area contributed by atoms with Crippen LogP contribution in [0.2, 0.25) is 0 Å². The summed E-state index contributed by atoms with van der Waals surface area (Å²) < 4.78 is 52.6. The Kier molecular flexibility index (Phi) is 18.4. The Morgan fingerprint density at radius 3 is 2.32 bits per heavy atom. The monoisotopic (exact) mass is 818 g/mol. The van der Waals surface area contributed by atoms with Crippen molar-refractivity contribution in [2.75, 3.05) is 38.4 Å². The summed E-state index contributed by atoms with van der Waals surface area (Å²) in [6.07, 6.45) is 1.12. The molecule has 0 bridgehead atoms. The Morgan fingerprint density at radius 2 is 1.67 bits per heavy atom. The highest BCUT2D eigenvalue weighted by Gasteiger charge is 2.42. The van der Waals surface area contributed by atoms with E-state index in [9.17, 15) is 33.3 Å². The molecule has 20 nitrogen and oxygen atoms in total. The maximum absolute atomic E-state index is 13.9. The van der Waals surface area contributed by atoms with Gasteiger partial charge in [0, 0.05) is 19.5 Å². The molecule has 310 valence electrons. The van der Waals surface area contributed by atoms with Crippen LogP contribution in [0.25, 0.3) is 0 Å². The molecular weight excluding hydrogens is 771 g/mol. The Labute approximate surface area is 328 Å². The zero-order valence-corrected chi connectivity index (χ0v) is 32.3. The van der Waals surface area contributed by atoms with Crippen molar-refractivity contribution in [3.63, 3.8) is 0 Å². The molecule has 57 heavy (non-hydrogen) atoms. The molecule has 0 spiro atoms. The predicted molar refractivity (Wildman–Crippen MR) is 202 cm³/mol. The first-order valence-corrected chi connectivity index (χ1v) is 18.9. The Balaban J connectivity index is 1.78. The fourth-order valence-electron chi connectivity index (χ4n) is 4.98. The van der Waals surface area contributed by atoms with E-state index in [4.69, 9.17) is 38.3 Å². The van der Waals surface area contributed by atoms with Crippen LogP contribution in [0.1, 0.15) is 32.1 Å². The molecule has 0 saturated carbocycles. The van der Waals surface area contributed by atoms with Gasteiger partial charge in [-0.2, -0.15) is 4.98 Å². The first kappa shape index (κ1) is 45.9. The molecule has 1 fully saturated rings. The number of phosphoric acid groups is 1. The molecule has 1 aromatic heterocycles. The molecule has 2 aromatic rings. The molecule has 3 amide bonds. The number of amides is 3. The average Bonchev–Trinajstić information content (AvgIpc) is 3.57. The van der Waals surface area contributed by atoms with Crippen LogP contribution in [0.4, 0.5) is 10.6 Å². The second kappa shape index (κ2) is 22.9. The molecule has 2 heterocycles. The number of nitrogens with zero attached hydrogens (tertiary/aromatic N) is 2. The number of hydrogen-bond acceptors (Lipinski definition) is 16. The van der Waals surface area contributed by atoms with E-state index in [2.05, 4.69) is 40.7 Å². The molecule has 1 aromatic carbocycles. The van der Waals surface area contributed by atoms with Gasteiger partial charge < -0.3 is 35.3 Å². The maximum Gasteiger partial charge on any atom is 0.475 e. The number of esters is 2. The summed E-state index contributed by atoms with van der Waals surface area (Å²) in [6.45, 7) is 11.0. The third-order valence-electron chi connectivity index (χ3n) is 7.67. The third-order valence-corrected chi connectivity index (χ3v) is 9.07. The van der Waals surface area contributed by atoms with E-state index in [1.807, 2.05) is 0 Å². The van der Waals surface area contributed by atoms with Gasteiger partial charge in [0.1, 0.15) is 49.6 Å². The fourth-order valence-corrected chi connectivity index (χ4v) is 6.16. The second-order valence-electron chi connectivity index (χ2n) is 12.2. The van der Waals surface area contributed by atoms with Gasteiger partial charge >= 0.3 is 31.5 Å². The minimum Gasteiger partial charge on any atom is -0.460 e. The zero-order valence-electron chi connectivity index (χ0n) is 31.4. The second-order valence-corrected chi connectivity index (χ2v) is 13.8. The number of phosphoric ester groups is 1. The van der Waals surface area contributed by atoms with Crippen molar-refractivity contribution in [3.05, 3.63) is 96.6 Å². The van der Waals surface area contributed by atoms with Gasteiger partial charge in [-0.1, -0.05) is 61.7 Å². The number of carbonyl (C=O) groups excluding carboxylic acids is 5. The Morgan fingerprint density at radius 1 is 0.982 bits per heavy atom. The van der Waals surface area contributed by atoms with Crippen LogP contribution in [0.3, 0.4) is 0 Å². The van der Waals surface area contributed by atoms with E-state index in [0.29, 0.717) is 0 Å². The number of aromatic nitrogens is 2. The van der Waals surface area contributed by atoms with Gasteiger partial charge in [0.25, 0.3) is 0 Å². The number of hydrogen-bond donors (Lipinski definition) is 4. The first-order chi connectivity index (χ1) is 27.2. The summed E-state index contributed by atoms with van der Waals surface area (Å²) in [6, 6.07) is 6.25. The number of rotatable bonds is 23. The van der Waals surface area contributed by atoms with Crippen LogP contribution in [0.5, 0.6) is 0 Å². The van der Waals surface area contributed by atoms with Crippen molar-refractivity contribution in [1.82, 2.24) is 20.2 Å². The first-order valence-electron chi connectivity index (χ1n) is 17.5. The van der Waals surface area contributed by atoms with Gasteiger partial charge in [0.05, 0.1) is 25.9 Å². The summed E-state index contributed by atoms with van der Waals surface area (Å²) in [5.41, 5.74) is 6.04. The summed E-state index contributed by atoms with van der Waals surface area (Å²) in [4.78, 5) is 79.5. The van der Waals surface area contributed by atoms with Crippen LogP contribution in [-0.2, 0) is 62.7 Å². The molecule has 1 aliphatic rings. The van der Waals surface area contributed by atoms with Crippen LogP contribution in [0.15, 0.2) is 85.4 Å². The highest BCUT2D eigenvalue weighted by atomic mass is 31.2. The number of nitrogens with two attached hydrogens (primary N) is 1. The van der Waals surface area contributed by atoms with Crippen LogP contribution >= 0.6 is 7.82 Å². The van der Waals surface area contributed by atoms with Crippen molar-refractivity contribution in [3.8, 4) is 0 Å². The molecule has 1 saturated heterocycles. The van der Waals surface area contributed by atoms with Crippen molar-refractivity contribution in [1.29, 1.82) is 0 Å². The largest absolute Gasteiger partial charge is 0.475 e. The highest BCUT2D eigenvalue weighted by molar-refractivity contribution is 7.48. The average molecular weight is 819 g/mol. The lowest BCUT2D eigenvalue weighted by Crippen LogP contribution is -2.56. The van der Waals surface area contributed by atoms with Gasteiger partial charge in [-0.3, -0.25) is 37.8 Å². The Hall–Kier alpha value is -5.50. The summed E-state index contributed by atoms with van der Waals surface area (Å²) in [5, 5.41) is 7.16. The van der Waals surface area contributed by atoms with E-state index >= 15 is 0 Å². The SMILES string of the molecule is C=CCOC(=O)Nc1ccn([C@H]2C[C@H](OC(C)=O)[C@@H](COP(=O)(OCC=C)OCC(NC(=O)[C@@H](N)Cc3ccccc3)C(=O)N[C@@H](C)C(=O)OCC=C)O2)c(=O)n1. The lowest BCUT2D eigenvalue weighted by molar-refractivity contribution is -0.150. The quantitative estimate of drug-likeness (QED) is 0.0539. The molecule has 7 atom stereocenters. The molecule has 1 aliphatic heterocycles. The topological polar surface area (TPSA) is 264 Å². The van der Waals surface area contributed by atoms with Crippen LogP contribution in [0, 0.1) is 0 Å². The van der Waals surface area contributed by atoms with Crippen LogP contribution in [-0.4, -0.2) is 103 Å². The summed E-state index contributed by atoms with van der Waals surface area (Å²) >= 11 is 0. The summed E-state index contributed by atoms with van der Waals surface area (Å²) in [7, 11) is -4.66. The predicted octanol–water partition coefficient (Wildman–Crippen LogP) is 1.83. The maximum atomic E-state index is 13.9. The molecule has 0 radical (unpaired) electrons. The number of nitrogens with one attached hydrogen (secondary N) is 3. The van der Waals surface area contributed by atoms with Crippen LogP contribution < -0.4 is 27.4 Å². The van der Waals surface area contributed by atoms with E-state index in [-0.39, 0.29) is 38.5 Å². The minimum absolute atomic E-state index is 0.0687. The normalized spacial score (nSPS) is 18.7. The number of carbonyl (C=O) groups is 5. The third kappa shape index (κ3) is 15.2. The van der Waals surface area contributed by atoms with E-state index in [1.165, 1.54) is 37.4 Å². The highest BCUT2D eigenvalue weighted by Crippen LogP contribution is 2.50. The molecule has 3 rings (SSSR count). The zero-order chi connectivity index (χ0) is 42.0. The van der Waals surface area contributed by atoms with Crippen molar-refractivity contribution in [2.45, 2.75) is 63.3 Å². The minimum atomic E-state index is -4.66.